The van der Waals surface area contributed by atoms with Crippen LogP contribution in [-0.2, 0) is 51.1 Å². The van der Waals surface area contributed by atoms with Crippen molar-refractivity contribution in [3.05, 3.63) is 120 Å². The number of aliphatic hydroxyl groups is 2. The minimum absolute atomic E-state index is 0.00756. The number of ether oxygens (including phenoxy) is 3. The highest BCUT2D eigenvalue weighted by Crippen LogP contribution is 2.60. The Morgan fingerprint density at radius 1 is 0.699 bits per heavy atom. The van der Waals surface area contributed by atoms with E-state index in [0.29, 0.717) is 44.9 Å². The van der Waals surface area contributed by atoms with Gasteiger partial charge in [0.2, 0.25) is 0 Å². The van der Waals surface area contributed by atoms with E-state index in [1.807, 2.05) is 54.7 Å². The maximum Gasteiger partial charge on any atom is 0.481 e. The van der Waals surface area contributed by atoms with E-state index < -0.39 is 83.7 Å². The number of unbranched alkanes of at least 4 members (excludes halogenated alkanes) is 7. The molecule has 408 valence electrons. The van der Waals surface area contributed by atoms with Crippen molar-refractivity contribution in [2.75, 3.05) is 25.6 Å². The van der Waals surface area contributed by atoms with Crippen LogP contribution in [0.4, 0.5) is 5.82 Å². The van der Waals surface area contributed by atoms with Gasteiger partial charge in [-0.05, 0) is 89.2 Å². The number of ketones is 1. The van der Waals surface area contributed by atoms with Gasteiger partial charge in [-0.15, -0.1) is 0 Å². The van der Waals surface area contributed by atoms with E-state index in [9.17, 15) is 48.3 Å². The molecule has 6 N–H and O–H groups in total. The number of rotatable bonds is 40. The maximum absolute atomic E-state index is 12.8. The SMILES string of the molecule is CCCCC/C=C\C/C=C\C/C=C\C/C=C\CCCC(=O)O[C@H](COC(=O)CCC/C=C\C/C=C\C/C=C\C=C\C(=O)CCCCC)COP(=O)(O)OP(=O)(O)OC[C@H]1O[C@@H](n2ccc(N)nc2=O)[C@H](O)[C@@H]1O. The lowest BCUT2D eigenvalue weighted by Gasteiger charge is -2.21. The summed E-state index contributed by atoms with van der Waals surface area (Å²) in [6.07, 6.45) is 39.2. The third-order valence-electron chi connectivity index (χ3n) is 10.6. The van der Waals surface area contributed by atoms with Crippen molar-refractivity contribution in [2.24, 2.45) is 0 Å². The molecule has 0 aliphatic carbocycles. The van der Waals surface area contributed by atoms with Crippen LogP contribution in [0.25, 0.3) is 0 Å². The van der Waals surface area contributed by atoms with Crippen LogP contribution in [0.5, 0.6) is 0 Å². The largest absolute Gasteiger partial charge is 0.481 e. The van der Waals surface area contributed by atoms with Crippen molar-refractivity contribution in [1.29, 1.82) is 0 Å². The molecule has 0 amide bonds. The fourth-order valence-corrected chi connectivity index (χ4v) is 8.77. The van der Waals surface area contributed by atoms with E-state index >= 15 is 0 Å². The number of hydrogen-bond donors (Lipinski definition) is 5. The highest BCUT2D eigenvalue weighted by atomic mass is 31.3. The van der Waals surface area contributed by atoms with Crippen molar-refractivity contribution in [3.8, 4) is 0 Å². The second-order valence-corrected chi connectivity index (χ2v) is 20.0. The highest BCUT2D eigenvalue weighted by molar-refractivity contribution is 7.61. The topological polar surface area (TPSA) is 283 Å². The molecule has 0 saturated carbocycles. The van der Waals surface area contributed by atoms with Crippen molar-refractivity contribution in [1.82, 2.24) is 9.55 Å². The van der Waals surface area contributed by atoms with Crippen LogP contribution < -0.4 is 11.4 Å². The van der Waals surface area contributed by atoms with Crippen LogP contribution in [-0.4, -0.2) is 91.5 Å². The third-order valence-corrected chi connectivity index (χ3v) is 13.2. The molecule has 2 rings (SSSR count). The number of anilines is 1. The Kier molecular flexibility index (Phi) is 34.3. The lowest BCUT2D eigenvalue weighted by molar-refractivity contribution is -0.161. The predicted octanol–water partition coefficient (Wildman–Crippen LogP) is 9.62. The van der Waals surface area contributed by atoms with Crippen molar-refractivity contribution in [2.45, 2.75) is 166 Å². The first-order valence-electron chi connectivity index (χ1n) is 25.2. The van der Waals surface area contributed by atoms with Crippen LogP contribution >= 0.6 is 15.6 Å². The van der Waals surface area contributed by atoms with Crippen LogP contribution in [0.3, 0.4) is 0 Å². The first kappa shape index (κ1) is 64.5. The summed E-state index contributed by atoms with van der Waals surface area (Å²) in [5.41, 5.74) is 4.57. The molecular weight excluding hydrogens is 985 g/mol. The number of aliphatic hydroxyl groups excluding tert-OH is 2. The van der Waals surface area contributed by atoms with Crippen molar-refractivity contribution in [3.63, 3.8) is 0 Å². The highest BCUT2D eigenvalue weighted by Gasteiger charge is 2.46. The number of phosphoric acid groups is 2. The van der Waals surface area contributed by atoms with Gasteiger partial charge in [0.1, 0.15) is 30.7 Å². The number of nitrogens with zero attached hydrogens (tertiary/aromatic N) is 2. The van der Waals surface area contributed by atoms with E-state index in [-0.39, 0.29) is 24.4 Å². The van der Waals surface area contributed by atoms with Gasteiger partial charge in [0.15, 0.2) is 18.1 Å². The monoisotopic (exact) mass is 1060 g/mol. The molecule has 1 aliphatic heterocycles. The summed E-state index contributed by atoms with van der Waals surface area (Å²) in [7, 11) is -10.9. The molecule has 7 atom stereocenters. The molecule has 19 nitrogen and oxygen atoms in total. The number of allylic oxidation sites excluding steroid dienone is 16. The Hall–Kier alpha value is -4.65. The van der Waals surface area contributed by atoms with Gasteiger partial charge in [-0.25, -0.2) is 13.9 Å². The van der Waals surface area contributed by atoms with Gasteiger partial charge >= 0.3 is 33.3 Å². The molecule has 1 saturated heterocycles. The van der Waals surface area contributed by atoms with E-state index in [0.717, 1.165) is 55.7 Å². The van der Waals surface area contributed by atoms with Gasteiger partial charge in [0, 0.05) is 25.5 Å². The quantitative estimate of drug-likeness (QED) is 0.0102. The minimum atomic E-state index is -5.46. The lowest BCUT2D eigenvalue weighted by atomic mass is 10.1. The zero-order valence-electron chi connectivity index (χ0n) is 42.4. The van der Waals surface area contributed by atoms with Crippen molar-refractivity contribution < 1.29 is 71.1 Å². The summed E-state index contributed by atoms with van der Waals surface area (Å²) in [5, 5.41) is 20.9. The molecule has 2 heterocycles. The molecule has 1 aromatic rings. The number of nitrogen functional groups attached to an aromatic ring is 1. The van der Waals surface area contributed by atoms with Gasteiger partial charge in [-0.1, -0.05) is 131 Å². The molecule has 1 fully saturated rings. The molecule has 1 aliphatic rings. The van der Waals surface area contributed by atoms with Crippen LogP contribution in [0.2, 0.25) is 0 Å². The average molecular weight is 1060 g/mol. The zero-order chi connectivity index (χ0) is 53.6. The third kappa shape index (κ3) is 31.6. The van der Waals surface area contributed by atoms with Crippen LogP contribution in [0.1, 0.15) is 142 Å². The first-order chi connectivity index (χ1) is 35.1. The summed E-state index contributed by atoms with van der Waals surface area (Å²) in [5.74, 6) is -1.36. The van der Waals surface area contributed by atoms with Gasteiger partial charge in [0.25, 0.3) is 0 Å². The Morgan fingerprint density at radius 3 is 1.82 bits per heavy atom. The molecule has 0 spiro atoms. The minimum Gasteiger partial charge on any atom is -0.462 e. The molecule has 0 bridgehead atoms. The normalized spacial score (nSPS) is 19.7. The fourth-order valence-electron chi connectivity index (χ4n) is 6.66. The van der Waals surface area contributed by atoms with Gasteiger partial charge < -0.3 is 39.9 Å². The van der Waals surface area contributed by atoms with Crippen molar-refractivity contribution >= 4 is 39.2 Å². The van der Waals surface area contributed by atoms with E-state index in [2.05, 4.69) is 53.5 Å². The van der Waals surface area contributed by atoms with E-state index in [4.69, 9.17) is 29.0 Å². The number of hydrogen-bond acceptors (Lipinski definition) is 16. The lowest BCUT2D eigenvalue weighted by Crippen LogP contribution is -2.36. The summed E-state index contributed by atoms with van der Waals surface area (Å²) in [6.45, 7) is 1.83. The van der Waals surface area contributed by atoms with E-state index in [1.54, 1.807) is 12.2 Å². The number of carbonyl (C=O) groups is 3. The van der Waals surface area contributed by atoms with E-state index in [1.165, 1.54) is 25.3 Å². The standard InChI is InChI=1S/C52H79N3O16P2/c1-3-5-7-8-9-10-11-12-13-14-15-16-19-23-26-29-33-37-48(58)69-44(40-66-47(57)36-32-28-25-22-20-17-18-21-24-27-31-35-43(56)34-30-6-4-2)41-67-72(62,63)71-73(64,65)68-42-45-49(59)50(60)51(70-45)55-39-38-46(53)54-52(55)61/h9-10,12-13,15-18,22-27,31,35,38-39,44-45,49-51,59-60H,3-8,11,14,19-21,28-30,32-34,36-37,40-42H2,1-2H3,(H,62,63)(H,64,65)(H2,53,54,61)/b10-9-,13-12-,16-15-,18-17-,25-22-,26-23-,27-24-,35-31+/t44-,45-,49-,50-,51-/m1/s1. The molecule has 1 aromatic heterocycles. The predicted molar refractivity (Wildman–Crippen MR) is 280 cm³/mol. The van der Waals surface area contributed by atoms with Crippen LogP contribution in [0, 0.1) is 0 Å². The molecular formula is C52H79N3O16P2. The molecule has 73 heavy (non-hydrogen) atoms. The summed E-state index contributed by atoms with van der Waals surface area (Å²) in [6, 6.07) is 1.23. The molecule has 21 heteroatoms. The maximum atomic E-state index is 12.8. The number of carbonyl (C=O) groups excluding carboxylic acids is 3. The van der Waals surface area contributed by atoms with Gasteiger partial charge in [-0.3, -0.25) is 28.0 Å². The smallest absolute Gasteiger partial charge is 0.462 e. The number of phosphoric ester groups is 2. The Morgan fingerprint density at radius 2 is 1.23 bits per heavy atom. The summed E-state index contributed by atoms with van der Waals surface area (Å²) >= 11 is 0. The average Bonchev–Trinajstić information content (AvgIpc) is 3.62. The Bertz CT molecular complexity index is 2170. The summed E-state index contributed by atoms with van der Waals surface area (Å²) < 4.78 is 56.6. The second kappa shape index (κ2) is 38.9. The Balaban J connectivity index is 1.87. The van der Waals surface area contributed by atoms with Gasteiger partial charge in [-0.2, -0.15) is 9.29 Å². The number of nitrogens with two attached hydrogens (primary N) is 1. The molecule has 0 aromatic carbocycles. The van der Waals surface area contributed by atoms with Gasteiger partial charge in [0.05, 0.1) is 13.2 Å². The summed E-state index contributed by atoms with van der Waals surface area (Å²) in [4.78, 5) is 73.6. The Labute approximate surface area is 430 Å². The molecule has 2 unspecified atom stereocenters. The second-order valence-electron chi connectivity index (χ2n) is 17.0. The fraction of sp³-hybridized carbons (Fsp3) is 0.558. The number of esters is 2. The zero-order valence-corrected chi connectivity index (χ0v) is 44.2. The first-order valence-corrected chi connectivity index (χ1v) is 28.2. The number of aromatic nitrogens is 2. The van der Waals surface area contributed by atoms with Crippen LogP contribution in [0.15, 0.2) is 114 Å². The molecule has 0 radical (unpaired) electrons.